The van der Waals surface area contributed by atoms with Gasteiger partial charge in [-0.25, -0.2) is 9.50 Å². The minimum Gasteiger partial charge on any atom is -0.394 e. The van der Waals surface area contributed by atoms with Crippen molar-refractivity contribution in [2.45, 2.75) is 13.8 Å². The van der Waals surface area contributed by atoms with Crippen molar-refractivity contribution in [1.29, 1.82) is 0 Å². The first-order chi connectivity index (χ1) is 6.09. The summed E-state index contributed by atoms with van der Waals surface area (Å²) in [6.45, 7) is 3.73. The summed E-state index contributed by atoms with van der Waals surface area (Å²) >= 11 is 0. The molecule has 2 heterocycles. The number of rotatable bonds is 0. The Bertz CT molecular complexity index is 471. The fourth-order valence-electron chi connectivity index (χ4n) is 1.20. The van der Waals surface area contributed by atoms with Crippen LogP contribution in [0, 0.1) is 13.8 Å². The molecule has 0 radical (unpaired) electrons. The van der Waals surface area contributed by atoms with E-state index in [0.717, 1.165) is 11.3 Å². The molecule has 0 aliphatic heterocycles. The van der Waals surface area contributed by atoms with Gasteiger partial charge in [-0.05, 0) is 13.8 Å². The van der Waals surface area contributed by atoms with Gasteiger partial charge in [0.15, 0.2) is 5.65 Å². The van der Waals surface area contributed by atoms with Crippen molar-refractivity contribution in [2.24, 2.45) is 0 Å². The maximum absolute atomic E-state index is 5.76. The summed E-state index contributed by atoms with van der Waals surface area (Å²) in [6.07, 6.45) is 1.82. The summed E-state index contributed by atoms with van der Waals surface area (Å²) in [7, 11) is 0. The normalized spacial score (nSPS) is 10.9. The number of anilines is 2. The zero-order valence-electron chi connectivity index (χ0n) is 7.57. The largest absolute Gasteiger partial charge is 0.394 e. The predicted octanol–water partition coefficient (Wildman–Crippen LogP) is 0.511. The van der Waals surface area contributed by atoms with Gasteiger partial charge in [0.05, 0.1) is 5.69 Å². The molecule has 0 saturated carbocycles. The molecule has 0 atom stereocenters. The molecule has 13 heavy (non-hydrogen) atoms. The molecule has 2 aromatic heterocycles. The quantitative estimate of drug-likeness (QED) is 0.614. The highest BCUT2D eigenvalue weighted by molar-refractivity contribution is 5.69. The minimum absolute atomic E-state index is 0.499. The molecule has 0 amide bonds. The van der Waals surface area contributed by atoms with Gasteiger partial charge in [0.2, 0.25) is 0 Å². The predicted molar refractivity (Wildman–Crippen MR) is 51.3 cm³/mol. The topological polar surface area (TPSA) is 82.2 Å². The van der Waals surface area contributed by atoms with E-state index in [0.29, 0.717) is 17.2 Å². The van der Waals surface area contributed by atoms with Crippen LogP contribution < -0.4 is 11.5 Å². The van der Waals surface area contributed by atoms with Gasteiger partial charge >= 0.3 is 0 Å². The molecule has 0 unspecified atom stereocenters. The van der Waals surface area contributed by atoms with E-state index in [1.165, 1.54) is 0 Å². The maximum Gasteiger partial charge on any atom is 0.180 e. The van der Waals surface area contributed by atoms with Crippen molar-refractivity contribution in [3.63, 3.8) is 0 Å². The number of nitrogens with two attached hydrogens (primary N) is 2. The standard InChI is InChI=1S/C8H11N5/c1-4-3-13-8(11-7(4)10)6(9)5(2)12-13/h3H,9H2,1-2H3,(H2,10,11). The van der Waals surface area contributed by atoms with E-state index in [4.69, 9.17) is 11.5 Å². The second-order valence-corrected chi connectivity index (χ2v) is 3.08. The number of nitrogens with zero attached hydrogens (tertiary/aromatic N) is 3. The SMILES string of the molecule is Cc1cn2nc(C)c(N)c2nc1N. The molecule has 4 N–H and O–H groups in total. The van der Waals surface area contributed by atoms with Gasteiger partial charge in [0.25, 0.3) is 0 Å². The van der Waals surface area contributed by atoms with E-state index < -0.39 is 0 Å². The summed E-state index contributed by atoms with van der Waals surface area (Å²) < 4.78 is 1.65. The number of hydrogen-bond acceptors (Lipinski definition) is 4. The number of aromatic nitrogens is 3. The van der Waals surface area contributed by atoms with Crippen LogP contribution in [-0.2, 0) is 0 Å². The maximum atomic E-state index is 5.76. The second-order valence-electron chi connectivity index (χ2n) is 3.08. The van der Waals surface area contributed by atoms with E-state index in [2.05, 4.69) is 10.1 Å². The van der Waals surface area contributed by atoms with Crippen LogP contribution in [0.3, 0.4) is 0 Å². The van der Waals surface area contributed by atoms with E-state index in [-0.39, 0.29) is 0 Å². The lowest BCUT2D eigenvalue weighted by Crippen LogP contribution is -1.99. The highest BCUT2D eigenvalue weighted by Crippen LogP contribution is 2.17. The van der Waals surface area contributed by atoms with Crippen molar-refractivity contribution >= 4 is 17.2 Å². The molecular formula is C8H11N5. The second kappa shape index (κ2) is 2.35. The van der Waals surface area contributed by atoms with E-state index >= 15 is 0 Å². The van der Waals surface area contributed by atoms with Crippen molar-refractivity contribution < 1.29 is 0 Å². The molecule has 0 bridgehead atoms. The lowest BCUT2D eigenvalue weighted by atomic mass is 10.3. The Hall–Kier alpha value is -1.78. The highest BCUT2D eigenvalue weighted by atomic mass is 15.3. The van der Waals surface area contributed by atoms with Crippen molar-refractivity contribution in [3.05, 3.63) is 17.5 Å². The first kappa shape index (κ1) is 7.85. The molecule has 0 aromatic carbocycles. The monoisotopic (exact) mass is 177 g/mol. The lowest BCUT2D eigenvalue weighted by molar-refractivity contribution is 0.910. The average Bonchev–Trinajstić information content (AvgIpc) is 2.32. The molecule has 2 aromatic rings. The van der Waals surface area contributed by atoms with E-state index in [1.807, 2.05) is 20.0 Å². The van der Waals surface area contributed by atoms with Crippen LogP contribution in [-0.4, -0.2) is 14.6 Å². The molecule has 0 saturated heterocycles. The fourth-order valence-corrected chi connectivity index (χ4v) is 1.20. The molecule has 0 aliphatic rings. The van der Waals surface area contributed by atoms with Crippen molar-refractivity contribution in [1.82, 2.24) is 14.6 Å². The first-order valence-corrected chi connectivity index (χ1v) is 3.97. The number of fused-ring (bicyclic) bond motifs is 1. The zero-order chi connectivity index (χ0) is 9.59. The summed E-state index contributed by atoms with van der Waals surface area (Å²) in [5.74, 6) is 0.499. The average molecular weight is 177 g/mol. The van der Waals surface area contributed by atoms with E-state index in [1.54, 1.807) is 4.52 Å². The van der Waals surface area contributed by atoms with Crippen molar-refractivity contribution in [2.75, 3.05) is 11.5 Å². The van der Waals surface area contributed by atoms with Gasteiger partial charge in [-0.1, -0.05) is 0 Å². The summed E-state index contributed by atoms with van der Waals surface area (Å²) in [5.41, 5.74) is 14.3. The van der Waals surface area contributed by atoms with Gasteiger partial charge in [0, 0.05) is 11.8 Å². The Labute approximate surface area is 75.4 Å². The van der Waals surface area contributed by atoms with E-state index in [9.17, 15) is 0 Å². The Kier molecular flexibility index (Phi) is 1.42. The van der Waals surface area contributed by atoms with Gasteiger partial charge in [-0.3, -0.25) is 0 Å². The molecule has 0 spiro atoms. The van der Waals surface area contributed by atoms with Crippen LogP contribution in [0.4, 0.5) is 11.5 Å². The molecule has 0 fully saturated rings. The number of nitrogen functional groups attached to an aromatic ring is 2. The third-order valence-corrected chi connectivity index (χ3v) is 2.05. The number of aryl methyl sites for hydroxylation is 2. The molecule has 5 nitrogen and oxygen atoms in total. The Morgan fingerprint density at radius 3 is 2.69 bits per heavy atom. The van der Waals surface area contributed by atoms with Gasteiger partial charge in [-0.15, -0.1) is 0 Å². The van der Waals surface area contributed by atoms with Crippen LogP contribution in [0.25, 0.3) is 5.65 Å². The Morgan fingerprint density at radius 2 is 2.00 bits per heavy atom. The Balaban J connectivity index is 2.89. The molecule has 0 aliphatic carbocycles. The molecule has 2 rings (SSSR count). The van der Waals surface area contributed by atoms with Gasteiger partial charge in [0.1, 0.15) is 11.5 Å². The third kappa shape index (κ3) is 1.00. The molecule has 5 heteroatoms. The number of hydrogen-bond donors (Lipinski definition) is 2. The van der Waals surface area contributed by atoms with Crippen molar-refractivity contribution in [3.8, 4) is 0 Å². The zero-order valence-corrected chi connectivity index (χ0v) is 7.57. The highest BCUT2D eigenvalue weighted by Gasteiger charge is 2.08. The van der Waals surface area contributed by atoms with Crippen LogP contribution in [0.5, 0.6) is 0 Å². The Morgan fingerprint density at radius 1 is 1.31 bits per heavy atom. The van der Waals surface area contributed by atoms with Crippen LogP contribution in [0.1, 0.15) is 11.3 Å². The molecular weight excluding hydrogens is 166 g/mol. The molecule has 68 valence electrons. The summed E-state index contributed by atoms with van der Waals surface area (Å²) in [5, 5.41) is 4.19. The van der Waals surface area contributed by atoms with Crippen LogP contribution in [0.2, 0.25) is 0 Å². The first-order valence-electron chi connectivity index (χ1n) is 3.97. The van der Waals surface area contributed by atoms with Gasteiger partial charge in [-0.2, -0.15) is 5.10 Å². The summed E-state index contributed by atoms with van der Waals surface area (Å²) in [4.78, 5) is 4.15. The third-order valence-electron chi connectivity index (χ3n) is 2.05. The van der Waals surface area contributed by atoms with Crippen LogP contribution in [0.15, 0.2) is 6.20 Å². The smallest absolute Gasteiger partial charge is 0.180 e. The fraction of sp³-hybridized carbons (Fsp3) is 0.250. The minimum atomic E-state index is 0.499. The summed E-state index contributed by atoms with van der Waals surface area (Å²) in [6, 6.07) is 0. The lowest BCUT2D eigenvalue weighted by Gasteiger charge is -1.99. The van der Waals surface area contributed by atoms with Crippen LogP contribution >= 0.6 is 0 Å². The van der Waals surface area contributed by atoms with Gasteiger partial charge < -0.3 is 11.5 Å².